The fraction of sp³-hybridized carbons (Fsp3) is 0.611. The van der Waals surface area contributed by atoms with Gasteiger partial charge in [-0.15, -0.1) is 0 Å². The standard InChI is InChI=1S/C18H26FNO/c1-2-4-15-10-13-20(14-11-15)12-3-5-18(21)16-6-8-17(19)9-7-16/h6-9,15H,2-5,10-14H2,1H3. The number of carbonyl (C=O) groups is 1. The van der Waals surface area contributed by atoms with Crippen molar-refractivity contribution < 1.29 is 9.18 Å². The van der Waals surface area contributed by atoms with Gasteiger partial charge in [-0.2, -0.15) is 0 Å². The molecule has 0 amide bonds. The Hall–Kier alpha value is -1.22. The van der Waals surface area contributed by atoms with E-state index < -0.39 is 0 Å². The zero-order valence-corrected chi connectivity index (χ0v) is 13.0. The molecule has 0 atom stereocenters. The van der Waals surface area contributed by atoms with Gasteiger partial charge in [-0.25, -0.2) is 4.39 Å². The van der Waals surface area contributed by atoms with Crippen LogP contribution in [0.1, 0.15) is 55.8 Å². The van der Waals surface area contributed by atoms with Gasteiger partial charge in [-0.05, 0) is 69.1 Å². The molecule has 1 aliphatic rings. The van der Waals surface area contributed by atoms with Gasteiger partial charge in [0.1, 0.15) is 5.82 Å². The van der Waals surface area contributed by atoms with E-state index in [-0.39, 0.29) is 11.6 Å². The number of hydrogen-bond donors (Lipinski definition) is 0. The van der Waals surface area contributed by atoms with Crippen molar-refractivity contribution >= 4 is 5.78 Å². The molecule has 2 nitrogen and oxygen atoms in total. The molecular formula is C18H26FNO. The second kappa shape index (κ2) is 8.28. The quantitative estimate of drug-likeness (QED) is 0.698. The molecule has 0 unspecified atom stereocenters. The van der Waals surface area contributed by atoms with Crippen LogP contribution in [0.4, 0.5) is 4.39 Å². The third-order valence-electron chi connectivity index (χ3n) is 4.45. The molecule has 0 aromatic heterocycles. The maximum absolute atomic E-state index is 12.8. The summed E-state index contributed by atoms with van der Waals surface area (Å²) in [5.41, 5.74) is 0.623. The van der Waals surface area contributed by atoms with Crippen molar-refractivity contribution in [2.45, 2.75) is 45.4 Å². The van der Waals surface area contributed by atoms with Crippen molar-refractivity contribution in [2.75, 3.05) is 19.6 Å². The highest BCUT2D eigenvalue weighted by Gasteiger charge is 2.18. The lowest BCUT2D eigenvalue weighted by molar-refractivity contribution is 0.0970. The number of rotatable bonds is 7. The molecule has 0 N–H and O–H groups in total. The zero-order chi connectivity index (χ0) is 15.1. The third-order valence-corrected chi connectivity index (χ3v) is 4.45. The average molecular weight is 291 g/mol. The van der Waals surface area contributed by atoms with Gasteiger partial charge in [0.15, 0.2) is 5.78 Å². The maximum atomic E-state index is 12.8. The predicted molar refractivity (Wildman–Crippen MR) is 84.0 cm³/mol. The minimum atomic E-state index is -0.290. The van der Waals surface area contributed by atoms with E-state index in [0.29, 0.717) is 12.0 Å². The van der Waals surface area contributed by atoms with Gasteiger partial charge in [0.05, 0.1) is 0 Å². The summed E-state index contributed by atoms with van der Waals surface area (Å²) in [7, 11) is 0. The van der Waals surface area contributed by atoms with Gasteiger partial charge in [-0.3, -0.25) is 4.79 Å². The minimum Gasteiger partial charge on any atom is -0.303 e. The molecule has 2 rings (SSSR count). The molecule has 0 aliphatic carbocycles. The van der Waals surface area contributed by atoms with Crippen LogP contribution in [0.15, 0.2) is 24.3 Å². The van der Waals surface area contributed by atoms with Gasteiger partial charge in [-0.1, -0.05) is 19.8 Å². The largest absolute Gasteiger partial charge is 0.303 e. The molecule has 3 heteroatoms. The smallest absolute Gasteiger partial charge is 0.162 e. The first-order valence-corrected chi connectivity index (χ1v) is 8.20. The van der Waals surface area contributed by atoms with Gasteiger partial charge < -0.3 is 4.90 Å². The molecule has 1 saturated heterocycles. The summed E-state index contributed by atoms with van der Waals surface area (Å²) < 4.78 is 12.8. The van der Waals surface area contributed by atoms with Crippen molar-refractivity contribution in [3.8, 4) is 0 Å². The van der Waals surface area contributed by atoms with Crippen LogP contribution >= 0.6 is 0 Å². The lowest BCUT2D eigenvalue weighted by Crippen LogP contribution is -2.34. The van der Waals surface area contributed by atoms with Crippen molar-refractivity contribution in [2.24, 2.45) is 5.92 Å². The number of ketones is 1. The Morgan fingerprint density at radius 2 is 1.90 bits per heavy atom. The number of hydrogen-bond acceptors (Lipinski definition) is 2. The van der Waals surface area contributed by atoms with Crippen LogP contribution in [-0.4, -0.2) is 30.3 Å². The van der Waals surface area contributed by atoms with E-state index in [1.807, 2.05) is 0 Å². The van der Waals surface area contributed by atoms with Crippen LogP contribution in [0.25, 0.3) is 0 Å². The number of carbonyl (C=O) groups excluding carboxylic acids is 1. The highest BCUT2D eigenvalue weighted by Crippen LogP contribution is 2.21. The van der Waals surface area contributed by atoms with Crippen LogP contribution in [0.5, 0.6) is 0 Å². The number of likely N-dealkylation sites (tertiary alicyclic amines) is 1. The summed E-state index contributed by atoms with van der Waals surface area (Å²) in [6.45, 7) is 5.62. The second-order valence-electron chi connectivity index (χ2n) is 6.11. The summed E-state index contributed by atoms with van der Waals surface area (Å²) in [6, 6.07) is 5.86. The van der Waals surface area contributed by atoms with Gasteiger partial charge >= 0.3 is 0 Å². The van der Waals surface area contributed by atoms with Crippen molar-refractivity contribution in [3.63, 3.8) is 0 Å². The number of benzene rings is 1. The Kier molecular flexibility index (Phi) is 6.37. The normalized spacial score (nSPS) is 17.0. The minimum absolute atomic E-state index is 0.121. The van der Waals surface area contributed by atoms with Crippen LogP contribution in [-0.2, 0) is 0 Å². The molecule has 0 spiro atoms. The van der Waals surface area contributed by atoms with Crippen LogP contribution in [0, 0.1) is 11.7 Å². The Balaban J connectivity index is 1.66. The van der Waals surface area contributed by atoms with E-state index in [9.17, 15) is 9.18 Å². The molecule has 1 heterocycles. The number of piperidine rings is 1. The second-order valence-corrected chi connectivity index (χ2v) is 6.11. The van der Waals surface area contributed by atoms with Gasteiger partial charge in [0.25, 0.3) is 0 Å². The lowest BCUT2D eigenvalue weighted by Gasteiger charge is -2.31. The summed E-state index contributed by atoms with van der Waals surface area (Å²) in [5.74, 6) is 0.740. The average Bonchev–Trinajstić information content (AvgIpc) is 2.50. The highest BCUT2D eigenvalue weighted by atomic mass is 19.1. The number of halogens is 1. The van der Waals surface area contributed by atoms with Crippen molar-refractivity contribution in [3.05, 3.63) is 35.6 Å². The Morgan fingerprint density at radius 1 is 1.24 bits per heavy atom. The molecule has 1 aromatic rings. The maximum Gasteiger partial charge on any atom is 0.162 e. The van der Waals surface area contributed by atoms with E-state index in [2.05, 4.69) is 11.8 Å². The topological polar surface area (TPSA) is 20.3 Å². The Morgan fingerprint density at radius 3 is 2.52 bits per heavy atom. The van der Waals surface area contributed by atoms with Gasteiger partial charge in [0.2, 0.25) is 0 Å². The lowest BCUT2D eigenvalue weighted by atomic mass is 9.92. The van der Waals surface area contributed by atoms with E-state index in [0.717, 1.165) is 18.9 Å². The predicted octanol–water partition coefficient (Wildman–Crippen LogP) is 4.30. The van der Waals surface area contributed by atoms with E-state index in [1.54, 1.807) is 12.1 Å². The summed E-state index contributed by atoms with van der Waals surface area (Å²) in [5, 5.41) is 0. The monoisotopic (exact) mass is 291 g/mol. The summed E-state index contributed by atoms with van der Waals surface area (Å²) in [6.07, 6.45) is 6.71. The van der Waals surface area contributed by atoms with Crippen molar-refractivity contribution in [1.82, 2.24) is 4.90 Å². The first-order valence-electron chi connectivity index (χ1n) is 8.20. The Bertz CT molecular complexity index is 435. The zero-order valence-electron chi connectivity index (χ0n) is 13.0. The first kappa shape index (κ1) is 16.2. The molecule has 116 valence electrons. The van der Waals surface area contributed by atoms with E-state index in [1.165, 1.54) is 50.9 Å². The molecule has 1 aromatic carbocycles. The number of Topliss-reactive ketones (excluding diaryl/α,β-unsaturated/α-hetero) is 1. The molecule has 0 saturated carbocycles. The molecule has 1 fully saturated rings. The number of nitrogens with zero attached hydrogens (tertiary/aromatic N) is 1. The van der Waals surface area contributed by atoms with Crippen LogP contribution < -0.4 is 0 Å². The molecule has 0 bridgehead atoms. The SMILES string of the molecule is CCCC1CCN(CCCC(=O)c2ccc(F)cc2)CC1. The Labute approximate surface area is 127 Å². The summed E-state index contributed by atoms with van der Waals surface area (Å²) >= 11 is 0. The molecule has 21 heavy (non-hydrogen) atoms. The molecule has 1 aliphatic heterocycles. The van der Waals surface area contributed by atoms with Crippen LogP contribution in [0.2, 0.25) is 0 Å². The summed E-state index contributed by atoms with van der Waals surface area (Å²) in [4.78, 5) is 14.5. The van der Waals surface area contributed by atoms with Crippen LogP contribution in [0.3, 0.4) is 0 Å². The van der Waals surface area contributed by atoms with Gasteiger partial charge in [0, 0.05) is 12.0 Å². The van der Waals surface area contributed by atoms with E-state index >= 15 is 0 Å². The van der Waals surface area contributed by atoms with E-state index in [4.69, 9.17) is 0 Å². The van der Waals surface area contributed by atoms with Crippen molar-refractivity contribution in [1.29, 1.82) is 0 Å². The molecule has 0 radical (unpaired) electrons. The highest BCUT2D eigenvalue weighted by molar-refractivity contribution is 5.95. The third kappa shape index (κ3) is 5.24. The molecular weight excluding hydrogens is 265 g/mol. The fourth-order valence-electron chi connectivity index (χ4n) is 3.15. The first-order chi connectivity index (χ1) is 10.2. The fourth-order valence-corrected chi connectivity index (χ4v) is 3.15.